The molecule has 0 unspecified atom stereocenters. The number of hydrogen-bond acceptors (Lipinski definition) is 2. The molecule has 2 aromatic rings. The van der Waals surface area contributed by atoms with Crippen LogP contribution in [0, 0.1) is 5.82 Å². The van der Waals surface area contributed by atoms with E-state index in [1.54, 1.807) is 0 Å². The summed E-state index contributed by atoms with van der Waals surface area (Å²) in [5.74, 6) is -1.16. The zero-order valence-corrected chi connectivity index (χ0v) is 14.0. The van der Waals surface area contributed by atoms with Gasteiger partial charge in [-0.25, -0.2) is 4.39 Å². The van der Waals surface area contributed by atoms with E-state index in [1.165, 1.54) is 29.8 Å². The lowest BCUT2D eigenvalue weighted by molar-refractivity contribution is -0.115. The smallest absolute Gasteiger partial charge is 0.251 e. The molecule has 0 atom stereocenters. The van der Waals surface area contributed by atoms with Crippen LogP contribution >= 0.6 is 0 Å². The van der Waals surface area contributed by atoms with Crippen molar-refractivity contribution in [2.75, 3.05) is 11.9 Å². The van der Waals surface area contributed by atoms with Crippen molar-refractivity contribution in [3.05, 3.63) is 65.5 Å². The number of carbonyl (C=O) groups excluding carboxylic acids is 2. The summed E-state index contributed by atoms with van der Waals surface area (Å²) in [5.41, 5.74) is 2.19. The first-order chi connectivity index (χ1) is 11.3. The van der Waals surface area contributed by atoms with Gasteiger partial charge in [0, 0.05) is 11.3 Å². The number of hydrogen-bond donors (Lipinski definition) is 2. The molecule has 0 bridgehead atoms. The van der Waals surface area contributed by atoms with Crippen LogP contribution in [-0.2, 0) is 10.2 Å². The Morgan fingerprint density at radius 1 is 0.958 bits per heavy atom. The number of benzene rings is 2. The zero-order valence-electron chi connectivity index (χ0n) is 14.0. The Labute approximate surface area is 141 Å². The van der Waals surface area contributed by atoms with Gasteiger partial charge in [-0.3, -0.25) is 9.59 Å². The standard InChI is InChI=1S/C19H21FN2O2/c1-19(2,3)14-6-10-16(11-7-14)22-17(23)12-21-18(24)13-4-8-15(20)9-5-13/h4-11H,12H2,1-3H3,(H,21,24)(H,22,23). The second kappa shape index (κ2) is 7.25. The second-order valence-corrected chi connectivity index (χ2v) is 6.57. The highest BCUT2D eigenvalue weighted by molar-refractivity contribution is 5.99. The van der Waals surface area contributed by atoms with Crippen molar-refractivity contribution >= 4 is 17.5 Å². The topological polar surface area (TPSA) is 58.2 Å². The van der Waals surface area contributed by atoms with Gasteiger partial charge in [-0.05, 0) is 47.4 Å². The van der Waals surface area contributed by atoms with E-state index in [9.17, 15) is 14.0 Å². The van der Waals surface area contributed by atoms with Crippen LogP contribution in [0.2, 0.25) is 0 Å². The van der Waals surface area contributed by atoms with Gasteiger partial charge in [0.2, 0.25) is 5.91 Å². The molecule has 126 valence electrons. The van der Waals surface area contributed by atoms with Crippen molar-refractivity contribution < 1.29 is 14.0 Å². The summed E-state index contributed by atoms with van der Waals surface area (Å²) in [4.78, 5) is 23.8. The Balaban J connectivity index is 1.87. The molecule has 0 saturated heterocycles. The van der Waals surface area contributed by atoms with Crippen molar-refractivity contribution in [3.8, 4) is 0 Å². The predicted molar refractivity (Wildman–Crippen MR) is 92.5 cm³/mol. The number of amides is 2. The largest absolute Gasteiger partial charge is 0.343 e. The van der Waals surface area contributed by atoms with Crippen LogP contribution < -0.4 is 10.6 Å². The molecule has 0 saturated carbocycles. The SMILES string of the molecule is CC(C)(C)c1ccc(NC(=O)CNC(=O)c2ccc(F)cc2)cc1. The van der Waals surface area contributed by atoms with Crippen LogP contribution in [0.4, 0.5) is 10.1 Å². The first kappa shape index (κ1) is 17.7. The summed E-state index contributed by atoms with van der Waals surface area (Å²) in [6, 6.07) is 12.7. The summed E-state index contributed by atoms with van der Waals surface area (Å²) in [5, 5.41) is 5.22. The van der Waals surface area contributed by atoms with Crippen LogP contribution in [0.3, 0.4) is 0 Å². The minimum absolute atomic E-state index is 0.0473. The Kier molecular flexibility index (Phi) is 5.34. The van der Waals surface area contributed by atoms with E-state index in [2.05, 4.69) is 31.4 Å². The summed E-state index contributed by atoms with van der Waals surface area (Å²) in [7, 11) is 0. The molecule has 2 amide bonds. The molecule has 0 spiro atoms. The van der Waals surface area contributed by atoms with Gasteiger partial charge in [0.15, 0.2) is 0 Å². The first-order valence-electron chi connectivity index (χ1n) is 7.70. The van der Waals surface area contributed by atoms with Gasteiger partial charge in [-0.2, -0.15) is 0 Å². The lowest BCUT2D eigenvalue weighted by atomic mass is 9.87. The van der Waals surface area contributed by atoms with Gasteiger partial charge in [-0.15, -0.1) is 0 Å². The van der Waals surface area contributed by atoms with Gasteiger partial charge < -0.3 is 10.6 Å². The summed E-state index contributed by atoms with van der Waals surface area (Å²) < 4.78 is 12.8. The van der Waals surface area contributed by atoms with Crippen molar-refractivity contribution in [2.45, 2.75) is 26.2 Å². The summed E-state index contributed by atoms with van der Waals surface area (Å²) in [6.45, 7) is 6.19. The molecule has 2 rings (SSSR count). The maximum absolute atomic E-state index is 12.8. The van der Waals surface area contributed by atoms with Crippen molar-refractivity contribution in [1.29, 1.82) is 0 Å². The van der Waals surface area contributed by atoms with E-state index in [1.807, 2.05) is 24.3 Å². The summed E-state index contributed by atoms with van der Waals surface area (Å²) in [6.07, 6.45) is 0. The molecule has 4 nitrogen and oxygen atoms in total. The highest BCUT2D eigenvalue weighted by Gasteiger charge is 2.13. The quantitative estimate of drug-likeness (QED) is 0.902. The van der Waals surface area contributed by atoms with Crippen LogP contribution in [-0.4, -0.2) is 18.4 Å². The highest BCUT2D eigenvalue weighted by Crippen LogP contribution is 2.23. The Morgan fingerprint density at radius 3 is 2.08 bits per heavy atom. The minimum Gasteiger partial charge on any atom is -0.343 e. The third-order valence-electron chi connectivity index (χ3n) is 3.55. The molecule has 0 aliphatic carbocycles. The van der Waals surface area contributed by atoms with Crippen molar-refractivity contribution in [1.82, 2.24) is 5.32 Å². The van der Waals surface area contributed by atoms with Crippen LogP contribution in [0.5, 0.6) is 0 Å². The molecule has 0 radical (unpaired) electrons. The molecular formula is C19H21FN2O2. The molecular weight excluding hydrogens is 307 g/mol. The van der Waals surface area contributed by atoms with Gasteiger partial charge in [0.25, 0.3) is 5.91 Å². The molecule has 5 heteroatoms. The fourth-order valence-corrected chi connectivity index (χ4v) is 2.12. The number of halogens is 1. The third kappa shape index (κ3) is 4.91. The maximum Gasteiger partial charge on any atom is 0.251 e. The molecule has 0 fully saturated rings. The van der Waals surface area contributed by atoms with Crippen molar-refractivity contribution in [3.63, 3.8) is 0 Å². The van der Waals surface area contributed by atoms with E-state index in [4.69, 9.17) is 0 Å². The Hall–Kier alpha value is -2.69. The van der Waals surface area contributed by atoms with Crippen LogP contribution in [0.1, 0.15) is 36.7 Å². The van der Waals surface area contributed by atoms with Crippen LogP contribution in [0.15, 0.2) is 48.5 Å². The summed E-state index contributed by atoms with van der Waals surface area (Å²) >= 11 is 0. The van der Waals surface area contributed by atoms with Crippen LogP contribution in [0.25, 0.3) is 0 Å². The molecule has 2 N–H and O–H groups in total. The van der Waals surface area contributed by atoms with E-state index in [0.29, 0.717) is 11.3 Å². The van der Waals surface area contributed by atoms with Gasteiger partial charge in [0.05, 0.1) is 6.54 Å². The van der Waals surface area contributed by atoms with E-state index < -0.39 is 11.7 Å². The maximum atomic E-state index is 12.8. The lowest BCUT2D eigenvalue weighted by Gasteiger charge is -2.19. The van der Waals surface area contributed by atoms with Gasteiger partial charge in [0.1, 0.15) is 5.82 Å². The lowest BCUT2D eigenvalue weighted by Crippen LogP contribution is -2.32. The number of rotatable bonds is 4. The Morgan fingerprint density at radius 2 is 1.54 bits per heavy atom. The molecule has 24 heavy (non-hydrogen) atoms. The van der Waals surface area contributed by atoms with E-state index >= 15 is 0 Å². The third-order valence-corrected chi connectivity index (χ3v) is 3.55. The monoisotopic (exact) mass is 328 g/mol. The zero-order chi connectivity index (χ0) is 17.7. The number of anilines is 1. The number of carbonyl (C=O) groups is 2. The molecule has 0 aromatic heterocycles. The molecule has 0 aliphatic heterocycles. The number of nitrogens with one attached hydrogen (secondary N) is 2. The first-order valence-corrected chi connectivity index (χ1v) is 7.70. The second-order valence-electron chi connectivity index (χ2n) is 6.57. The molecule has 0 aliphatic rings. The van der Waals surface area contributed by atoms with Gasteiger partial charge in [-0.1, -0.05) is 32.9 Å². The average molecular weight is 328 g/mol. The minimum atomic E-state index is -0.423. The van der Waals surface area contributed by atoms with E-state index in [-0.39, 0.29) is 17.9 Å². The fourth-order valence-electron chi connectivity index (χ4n) is 2.12. The molecule has 2 aromatic carbocycles. The predicted octanol–water partition coefficient (Wildman–Crippen LogP) is 3.49. The normalized spacial score (nSPS) is 11.0. The average Bonchev–Trinajstić information content (AvgIpc) is 2.53. The van der Waals surface area contributed by atoms with Gasteiger partial charge >= 0.3 is 0 Å². The highest BCUT2D eigenvalue weighted by atomic mass is 19.1. The van der Waals surface area contributed by atoms with Crippen molar-refractivity contribution in [2.24, 2.45) is 0 Å². The fraction of sp³-hybridized carbons (Fsp3) is 0.263. The van der Waals surface area contributed by atoms with E-state index in [0.717, 1.165) is 0 Å². The Bertz CT molecular complexity index is 717. The molecule has 0 heterocycles.